The summed E-state index contributed by atoms with van der Waals surface area (Å²) < 4.78 is 7.75. The smallest absolute Gasteiger partial charge is 0.272 e. The Kier molecular flexibility index (Phi) is 5.97. The number of aryl methyl sites for hydroxylation is 3. The number of benzene rings is 2. The standard InChI is InChI=1S/C24H24N2O2S2/c1-15-11-16(2)20(17(3)12-15)14-30-24-25-21-9-10-29-22(21)23(27)26(24)13-18-5-7-19(28-4)8-6-18/h5-12H,13-14H2,1-4H3. The molecule has 0 radical (unpaired) electrons. The lowest BCUT2D eigenvalue weighted by Crippen LogP contribution is -2.23. The van der Waals surface area contributed by atoms with E-state index < -0.39 is 0 Å². The fourth-order valence-corrected chi connectivity index (χ4v) is 5.63. The van der Waals surface area contributed by atoms with Gasteiger partial charge in [0.2, 0.25) is 0 Å². The number of rotatable bonds is 6. The topological polar surface area (TPSA) is 44.1 Å². The van der Waals surface area contributed by atoms with Gasteiger partial charge in [0.1, 0.15) is 10.4 Å². The van der Waals surface area contributed by atoms with Crippen molar-refractivity contribution in [2.75, 3.05) is 7.11 Å². The van der Waals surface area contributed by atoms with Crippen LogP contribution in [0.25, 0.3) is 10.2 Å². The summed E-state index contributed by atoms with van der Waals surface area (Å²) in [5.74, 6) is 1.58. The van der Waals surface area contributed by atoms with Crippen LogP contribution in [-0.2, 0) is 12.3 Å². The maximum absolute atomic E-state index is 13.2. The van der Waals surface area contributed by atoms with Crippen LogP contribution in [-0.4, -0.2) is 16.7 Å². The first kappa shape index (κ1) is 20.7. The molecule has 6 heteroatoms. The van der Waals surface area contributed by atoms with Crippen LogP contribution in [0.4, 0.5) is 0 Å². The van der Waals surface area contributed by atoms with Crippen LogP contribution in [0.5, 0.6) is 5.75 Å². The van der Waals surface area contributed by atoms with E-state index in [2.05, 4.69) is 32.9 Å². The van der Waals surface area contributed by atoms with Gasteiger partial charge in [-0.25, -0.2) is 4.98 Å². The molecule has 0 aliphatic rings. The molecule has 0 unspecified atom stereocenters. The zero-order chi connectivity index (χ0) is 21.3. The molecule has 154 valence electrons. The van der Waals surface area contributed by atoms with Crippen molar-refractivity contribution in [2.24, 2.45) is 0 Å². The third-order valence-electron chi connectivity index (χ3n) is 5.22. The second kappa shape index (κ2) is 8.66. The van der Waals surface area contributed by atoms with Crippen molar-refractivity contribution < 1.29 is 4.74 Å². The van der Waals surface area contributed by atoms with Gasteiger partial charge in [-0.05, 0) is 66.6 Å². The van der Waals surface area contributed by atoms with Gasteiger partial charge >= 0.3 is 0 Å². The SMILES string of the molecule is COc1ccc(Cn2c(SCc3c(C)cc(C)cc3C)nc3ccsc3c2=O)cc1. The average molecular weight is 437 g/mol. The van der Waals surface area contributed by atoms with Gasteiger partial charge in [-0.2, -0.15) is 0 Å². The number of aromatic nitrogens is 2. The molecule has 2 heterocycles. The summed E-state index contributed by atoms with van der Waals surface area (Å²) >= 11 is 3.07. The number of ether oxygens (including phenoxy) is 1. The van der Waals surface area contributed by atoms with E-state index in [-0.39, 0.29) is 5.56 Å². The average Bonchev–Trinajstić information content (AvgIpc) is 3.19. The van der Waals surface area contributed by atoms with E-state index in [1.165, 1.54) is 33.6 Å². The lowest BCUT2D eigenvalue weighted by molar-refractivity contribution is 0.414. The number of hydrogen-bond acceptors (Lipinski definition) is 5. The summed E-state index contributed by atoms with van der Waals surface area (Å²) in [5.41, 5.74) is 6.97. The first-order valence-corrected chi connectivity index (χ1v) is 11.6. The highest BCUT2D eigenvalue weighted by molar-refractivity contribution is 7.98. The Morgan fingerprint density at radius 3 is 2.43 bits per heavy atom. The van der Waals surface area contributed by atoms with E-state index >= 15 is 0 Å². The Labute approximate surface area is 184 Å². The van der Waals surface area contributed by atoms with E-state index in [4.69, 9.17) is 9.72 Å². The normalized spacial score (nSPS) is 11.2. The molecule has 30 heavy (non-hydrogen) atoms. The highest BCUT2D eigenvalue weighted by Crippen LogP contribution is 2.28. The maximum atomic E-state index is 13.2. The Morgan fingerprint density at radius 1 is 1.07 bits per heavy atom. The number of methoxy groups -OCH3 is 1. The lowest BCUT2D eigenvalue weighted by Gasteiger charge is -2.15. The molecule has 0 fully saturated rings. The third kappa shape index (κ3) is 4.16. The second-order valence-electron chi connectivity index (χ2n) is 7.43. The van der Waals surface area contributed by atoms with Crippen molar-refractivity contribution in [3.63, 3.8) is 0 Å². The Morgan fingerprint density at radius 2 is 1.77 bits per heavy atom. The molecule has 2 aromatic heterocycles. The molecule has 0 bridgehead atoms. The fraction of sp³-hybridized carbons (Fsp3) is 0.250. The molecule has 0 spiro atoms. The number of thioether (sulfide) groups is 1. The predicted molar refractivity (Wildman–Crippen MR) is 126 cm³/mol. The molecule has 0 aliphatic carbocycles. The lowest BCUT2D eigenvalue weighted by atomic mass is 10.0. The molecule has 0 N–H and O–H groups in total. The Bertz CT molecular complexity index is 1230. The fourth-order valence-electron chi connectivity index (χ4n) is 3.66. The van der Waals surface area contributed by atoms with Crippen LogP contribution in [0.2, 0.25) is 0 Å². The number of nitrogens with zero attached hydrogens (tertiary/aromatic N) is 2. The summed E-state index contributed by atoms with van der Waals surface area (Å²) in [7, 11) is 1.65. The predicted octanol–water partition coefficient (Wildman–Crippen LogP) is 5.73. The van der Waals surface area contributed by atoms with Gasteiger partial charge in [0.15, 0.2) is 5.16 Å². The summed E-state index contributed by atoms with van der Waals surface area (Å²) in [6.07, 6.45) is 0. The van der Waals surface area contributed by atoms with Gasteiger partial charge < -0.3 is 4.74 Å². The third-order valence-corrected chi connectivity index (χ3v) is 7.11. The molecule has 4 rings (SSSR count). The van der Waals surface area contributed by atoms with E-state index in [9.17, 15) is 4.79 Å². The van der Waals surface area contributed by atoms with Crippen molar-refractivity contribution in [3.8, 4) is 5.75 Å². The van der Waals surface area contributed by atoms with Gasteiger partial charge in [-0.1, -0.05) is 41.6 Å². The highest BCUT2D eigenvalue weighted by atomic mass is 32.2. The van der Waals surface area contributed by atoms with Crippen LogP contribution >= 0.6 is 23.1 Å². The largest absolute Gasteiger partial charge is 0.497 e. The maximum Gasteiger partial charge on any atom is 0.272 e. The minimum atomic E-state index is 0.0191. The van der Waals surface area contributed by atoms with E-state index in [0.717, 1.165) is 27.7 Å². The van der Waals surface area contributed by atoms with Crippen LogP contribution in [0, 0.1) is 20.8 Å². The van der Waals surface area contributed by atoms with Crippen LogP contribution in [0.3, 0.4) is 0 Å². The van der Waals surface area contributed by atoms with Gasteiger partial charge in [-0.15, -0.1) is 11.3 Å². The number of hydrogen-bond donors (Lipinski definition) is 0. The van der Waals surface area contributed by atoms with Crippen molar-refractivity contribution in [3.05, 3.63) is 86.0 Å². The minimum absolute atomic E-state index is 0.0191. The van der Waals surface area contributed by atoms with Crippen LogP contribution in [0.1, 0.15) is 27.8 Å². The summed E-state index contributed by atoms with van der Waals surface area (Å²) in [5, 5.41) is 2.68. The minimum Gasteiger partial charge on any atom is -0.497 e. The van der Waals surface area contributed by atoms with Gasteiger partial charge in [-0.3, -0.25) is 9.36 Å². The zero-order valence-corrected chi connectivity index (χ0v) is 19.2. The zero-order valence-electron chi connectivity index (χ0n) is 17.6. The molecular weight excluding hydrogens is 412 g/mol. The Balaban J connectivity index is 1.71. The molecule has 0 aliphatic heterocycles. The van der Waals surface area contributed by atoms with Crippen molar-refractivity contribution in [2.45, 2.75) is 38.2 Å². The molecule has 4 nitrogen and oxygen atoms in total. The van der Waals surface area contributed by atoms with Gasteiger partial charge in [0.25, 0.3) is 5.56 Å². The van der Waals surface area contributed by atoms with E-state index in [1.807, 2.05) is 35.7 Å². The molecule has 0 amide bonds. The van der Waals surface area contributed by atoms with E-state index in [0.29, 0.717) is 11.2 Å². The molecule has 4 aromatic rings. The molecule has 0 saturated heterocycles. The number of fused-ring (bicyclic) bond motifs is 1. The van der Waals surface area contributed by atoms with Crippen LogP contribution < -0.4 is 10.3 Å². The van der Waals surface area contributed by atoms with Crippen molar-refractivity contribution in [1.29, 1.82) is 0 Å². The quantitative estimate of drug-likeness (QED) is 0.286. The van der Waals surface area contributed by atoms with Crippen LogP contribution in [0.15, 0.2) is 57.8 Å². The van der Waals surface area contributed by atoms with E-state index in [1.54, 1.807) is 23.4 Å². The van der Waals surface area contributed by atoms with Crippen molar-refractivity contribution >= 4 is 33.3 Å². The highest BCUT2D eigenvalue weighted by Gasteiger charge is 2.15. The monoisotopic (exact) mass is 436 g/mol. The van der Waals surface area contributed by atoms with Gasteiger partial charge in [0.05, 0.1) is 19.2 Å². The molecular formula is C24H24N2O2S2. The molecule has 0 saturated carbocycles. The molecule has 0 atom stereocenters. The first-order valence-electron chi connectivity index (χ1n) is 9.76. The van der Waals surface area contributed by atoms with Gasteiger partial charge in [0, 0.05) is 5.75 Å². The summed E-state index contributed by atoms with van der Waals surface area (Å²) in [4.78, 5) is 18.1. The number of thiophene rings is 1. The van der Waals surface area contributed by atoms with Crippen molar-refractivity contribution in [1.82, 2.24) is 9.55 Å². The second-order valence-corrected chi connectivity index (χ2v) is 9.29. The summed E-state index contributed by atoms with van der Waals surface area (Å²) in [6.45, 7) is 6.90. The first-order chi connectivity index (χ1) is 14.5. The Hall–Kier alpha value is -2.57. The summed E-state index contributed by atoms with van der Waals surface area (Å²) in [6, 6.07) is 14.2. The molecule has 2 aromatic carbocycles.